The van der Waals surface area contributed by atoms with E-state index in [1.165, 1.54) is 0 Å². The van der Waals surface area contributed by atoms with Gasteiger partial charge in [-0.3, -0.25) is 9.59 Å². The third kappa shape index (κ3) is 9.02. The van der Waals surface area contributed by atoms with Gasteiger partial charge in [0.25, 0.3) is 0 Å². The van der Waals surface area contributed by atoms with Crippen molar-refractivity contribution in [2.45, 2.75) is 43.7 Å². The van der Waals surface area contributed by atoms with Crippen molar-refractivity contribution in [2.75, 3.05) is 20.2 Å². The summed E-state index contributed by atoms with van der Waals surface area (Å²) in [5.74, 6) is 0.329. The Bertz CT molecular complexity index is 1590. The smallest absolute Gasteiger partial charge is 0.247 e. The number of methoxy groups -OCH3 is 1. The van der Waals surface area contributed by atoms with Crippen LogP contribution in [-0.4, -0.2) is 45.3 Å². The number of carbonyl (C=O) groups is 2. The molecule has 0 spiro atoms. The molecule has 8 nitrogen and oxygen atoms in total. The summed E-state index contributed by atoms with van der Waals surface area (Å²) in [5, 5.41) is 3.06. The lowest BCUT2D eigenvalue weighted by Gasteiger charge is -2.32. The topological polar surface area (TPSA) is 105 Å². The molecule has 4 rings (SSSR count). The molecule has 0 fully saturated rings. The molecule has 0 aliphatic carbocycles. The molecule has 0 aromatic heterocycles. The highest BCUT2D eigenvalue weighted by molar-refractivity contribution is 7.89. The van der Waals surface area contributed by atoms with Crippen molar-refractivity contribution in [3.8, 4) is 5.75 Å². The van der Waals surface area contributed by atoms with Crippen LogP contribution in [-0.2, 0) is 39.0 Å². The molecule has 4 aromatic carbocycles. The second-order valence-electron chi connectivity index (χ2n) is 10.4. The Morgan fingerprint density at radius 2 is 1.36 bits per heavy atom. The number of benzene rings is 4. The Morgan fingerprint density at radius 3 is 1.98 bits per heavy atom. The second kappa shape index (κ2) is 15.8. The average molecular weight is 614 g/mol. The van der Waals surface area contributed by atoms with Crippen molar-refractivity contribution in [3.05, 3.63) is 131 Å². The first-order chi connectivity index (χ1) is 21.3. The Labute approximate surface area is 260 Å². The fraction of sp³-hybridized carbons (Fsp3) is 0.257. The molecule has 1 unspecified atom stereocenters. The van der Waals surface area contributed by atoms with E-state index in [0.29, 0.717) is 25.9 Å². The van der Waals surface area contributed by atoms with Gasteiger partial charge in [0.1, 0.15) is 11.8 Å². The lowest BCUT2D eigenvalue weighted by atomic mass is 10.0. The summed E-state index contributed by atoms with van der Waals surface area (Å²) < 4.78 is 32.3. The van der Waals surface area contributed by atoms with Gasteiger partial charge in [0.2, 0.25) is 21.8 Å². The summed E-state index contributed by atoms with van der Waals surface area (Å²) in [6.45, 7) is 2.69. The molecule has 0 aliphatic rings. The minimum Gasteiger partial charge on any atom is -0.497 e. The first-order valence-electron chi connectivity index (χ1n) is 14.7. The maximum Gasteiger partial charge on any atom is 0.247 e. The summed E-state index contributed by atoms with van der Waals surface area (Å²) in [5.41, 5.74) is 3.51. The lowest BCUT2D eigenvalue weighted by Crippen LogP contribution is -2.44. The number of nitrogens with one attached hydrogen (secondary N) is 2. The molecule has 44 heavy (non-hydrogen) atoms. The van der Waals surface area contributed by atoms with E-state index in [1.54, 1.807) is 43.2 Å². The van der Waals surface area contributed by atoms with Gasteiger partial charge in [-0.2, -0.15) is 0 Å². The van der Waals surface area contributed by atoms with Gasteiger partial charge < -0.3 is 15.0 Å². The zero-order chi connectivity index (χ0) is 31.4. The van der Waals surface area contributed by atoms with E-state index in [4.69, 9.17) is 4.74 Å². The van der Waals surface area contributed by atoms with Gasteiger partial charge in [-0.05, 0) is 59.4 Å². The number of carbonyl (C=O) groups excluding carboxylic acids is 2. The minimum absolute atomic E-state index is 0.147. The number of aryl methyl sites for hydroxylation is 1. The predicted octanol–water partition coefficient (Wildman–Crippen LogP) is 5.06. The van der Waals surface area contributed by atoms with Gasteiger partial charge >= 0.3 is 0 Å². The van der Waals surface area contributed by atoms with Crippen LogP contribution < -0.4 is 14.8 Å². The third-order valence-electron chi connectivity index (χ3n) is 7.26. The van der Waals surface area contributed by atoms with E-state index in [0.717, 1.165) is 28.0 Å². The standard InChI is InChI=1S/C35H39N3O5S/c1-3-37-44(41,42)32-21-16-27(17-22-32)18-23-33(39)38(26-29-10-6-4-7-11-29)34(30-12-8-5-9-13-30)35(40)36-25-24-28-14-19-31(43-2)20-15-28/h4-17,19-22,34,37H,3,18,23-26H2,1-2H3,(H,36,40). The lowest BCUT2D eigenvalue weighted by molar-refractivity contribution is -0.141. The number of sulfonamides is 1. The average Bonchev–Trinajstić information content (AvgIpc) is 3.05. The fourth-order valence-corrected chi connectivity index (χ4v) is 5.98. The maximum atomic E-state index is 13.9. The summed E-state index contributed by atoms with van der Waals surface area (Å²) in [6.07, 6.45) is 1.17. The summed E-state index contributed by atoms with van der Waals surface area (Å²) in [4.78, 5) is 29.6. The van der Waals surface area contributed by atoms with Gasteiger partial charge in [0, 0.05) is 26.1 Å². The van der Waals surface area contributed by atoms with Crippen molar-refractivity contribution in [1.82, 2.24) is 14.9 Å². The van der Waals surface area contributed by atoms with Crippen molar-refractivity contribution >= 4 is 21.8 Å². The molecular formula is C35H39N3O5S. The molecule has 0 bridgehead atoms. The number of rotatable bonds is 15. The SMILES string of the molecule is CCNS(=O)(=O)c1ccc(CCC(=O)N(Cc2ccccc2)C(C(=O)NCCc2ccc(OC)cc2)c2ccccc2)cc1. The van der Waals surface area contributed by atoms with E-state index in [-0.39, 0.29) is 29.7 Å². The molecule has 0 saturated heterocycles. The molecular weight excluding hydrogens is 574 g/mol. The monoisotopic (exact) mass is 613 g/mol. The van der Waals surface area contributed by atoms with Crippen LogP contribution in [0.15, 0.2) is 114 Å². The Hall–Kier alpha value is -4.47. The summed E-state index contributed by atoms with van der Waals surface area (Å²) >= 11 is 0. The molecule has 0 radical (unpaired) electrons. The van der Waals surface area contributed by atoms with E-state index < -0.39 is 16.1 Å². The molecule has 1 atom stereocenters. The zero-order valence-electron chi connectivity index (χ0n) is 25.1. The van der Waals surface area contributed by atoms with Crippen LogP contribution in [0.25, 0.3) is 0 Å². The molecule has 0 aliphatic heterocycles. The first kappa shape index (κ1) is 32.4. The maximum absolute atomic E-state index is 13.9. The molecule has 230 valence electrons. The quantitative estimate of drug-likeness (QED) is 0.195. The summed E-state index contributed by atoms with van der Waals surface area (Å²) in [6, 6.07) is 32.3. The van der Waals surface area contributed by atoms with Crippen molar-refractivity contribution in [3.63, 3.8) is 0 Å². The van der Waals surface area contributed by atoms with E-state index in [1.807, 2.05) is 84.9 Å². The minimum atomic E-state index is -3.56. The van der Waals surface area contributed by atoms with Crippen molar-refractivity contribution < 1.29 is 22.7 Å². The predicted molar refractivity (Wildman–Crippen MR) is 172 cm³/mol. The first-order valence-corrected chi connectivity index (χ1v) is 16.2. The third-order valence-corrected chi connectivity index (χ3v) is 8.82. The number of amides is 2. The molecule has 0 saturated carbocycles. The van der Waals surface area contributed by atoms with E-state index in [9.17, 15) is 18.0 Å². The Balaban J connectivity index is 1.54. The fourth-order valence-electron chi connectivity index (χ4n) is 4.93. The normalized spacial score (nSPS) is 11.9. The number of ether oxygens (including phenoxy) is 1. The molecule has 4 aromatic rings. The van der Waals surface area contributed by atoms with Gasteiger partial charge in [0.05, 0.1) is 12.0 Å². The van der Waals surface area contributed by atoms with Crippen LogP contribution in [0, 0.1) is 0 Å². The highest BCUT2D eigenvalue weighted by atomic mass is 32.2. The van der Waals surface area contributed by atoms with Crippen LogP contribution in [0.4, 0.5) is 0 Å². The highest BCUT2D eigenvalue weighted by Crippen LogP contribution is 2.25. The highest BCUT2D eigenvalue weighted by Gasteiger charge is 2.31. The van der Waals surface area contributed by atoms with Gasteiger partial charge in [-0.1, -0.05) is 91.9 Å². The zero-order valence-corrected chi connectivity index (χ0v) is 25.9. The molecule has 9 heteroatoms. The number of hydrogen-bond donors (Lipinski definition) is 2. The largest absolute Gasteiger partial charge is 0.497 e. The van der Waals surface area contributed by atoms with Crippen LogP contribution in [0.5, 0.6) is 5.75 Å². The molecule has 2 amide bonds. The number of hydrogen-bond acceptors (Lipinski definition) is 5. The van der Waals surface area contributed by atoms with E-state index in [2.05, 4.69) is 10.0 Å². The van der Waals surface area contributed by atoms with Crippen LogP contribution in [0.2, 0.25) is 0 Å². The second-order valence-corrected chi connectivity index (χ2v) is 12.1. The Kier molecular flexibility index (Phi) is 11.7. The van der Waals surface area contributed by atoms with Crippen molar-refractivity contribution in [2.24, 2.45) is 0 Å². The van der Waals surface area contributed by atoms with Crippen LogP contribution in [0.1, 0.15) is 41.6 Å². The molecule has 2 N–H and O–H groups in total. The number of nitrogens with zero attached hydrogens (tertiary/aromatic N) is 1. The van der Waals surface area contributed by atoms with Crippen LogP contribution in [0.3, 0.4) is 0 Å². The van der Waals surface area contributed by atoms with E-state index >= 15 is 0 Å². The van der Waals surface area contributed by atoms with Crippen molar-refractivity contribution in [1.29, 1.82) is 0 Å². The molecule has 0 heterocycles. The summed E-state index contributed by atoms with van der Waals surface area (Å²) in [7, 11) is -1.94. The van der Waals surface area contributed by atoms with Crippen LogP contribution >= 0.6 is 0 Å². The van der Waals surface area contributed by atoms with Gasteiger partial charge in [-0.15, -0.1) is 0 Å². The Morgan fingerprint density at radius 1 is 0.773 bits per heavy atom. The van der Waals surface area contributed by atoms with Gasteiger partial charge in [-0.25, -0.2) is 13.1 Å². The van der Waals surface area contributed by atoms with Gasteiger partial charge in [0.15, 0.2) is 0 Å².